The number of allylic oxidation sites excluding steroid dienone is 34. The summed E-state index contributed by atoms with van der Waals surface area (Å²) >= 11 is 0. The molecule has 0 amide bonds. The lowest BCUT2D eigenvalue weighted by Gasteiger charge is -2.19. The quantitative estimate of drug-likeness (QED) is 0.0264. The highest BCUT2D eigenvalue weighted by Gasteiger charge is 2.26. The number of unbranched alkanes of at least 4 members (excludes halogenated alkanes) is 15. The van der Waals surface area contributed by atoms with Crippen molar-refractivity contribution in [2.75, 3.05) is 26.4 Å². The number of hydrogen-bond donors (Lipinski definition) is 2. The van der Waals surface area contributed by atoms with Gasteiger partial charge in [-0.3, -0.25) is 18.6 Å². The topological polar surface area (TPSA) is 134 Å². The first-order chi connectivity index (χ1) is 43.8. The van der Waals surface area contributed by atoms with E-state index in [0.717, 1.165) is 161 Å². The summed E-state index contributed by atoms with van der Waals surface area (Å²) in [6.07, 6.45) is 110. The zero-order valence-electron chi connectivity index (χ0n) is 55.8. The number of hydrogen-bond acceptors (Lipinski definition) is 8. The maximum Gasteiger partial charge on any atom is 0.472 e. The molecule has 0 aliphatic rings. The van der Waals surface area contributed by atoms with Gasteiger partial charge < -0.3 is 20.1 Å². The molecule has 0 bridgehead atoms. The number of carbonyl (C=O) groups is 2. The zero-order chi connectivity index (χ0) is 64.4. The van der Waals surface area contributed by atoms with Crippen LogP contribution >= 0.6 is 7.82 Å². The molecule has 0 saturated heterocycles. The fourth-order valence-corrected chi connectivity index (χ4v) is 9.41. The number of esters is 2. The average Bonchev–Trinajstić information content (AvgIpc) is 3.66. The third-order valence-corrected chi connectivity index (χ3v) is 14.6. The first kappa shape index (κ1) is 83.6. The van der Waals surface area contributed by atoms with Gasteiger partial charge in [0, 0.05) is 19.4 Å². The maximum absolute atomic E-state index is 12.8. The van der Waals surface area contributed by atoms with Gasteiger partial charge in [-0.05, 0) is 148 Å². The van der Waals surface area contributed by atoms with Crippen molar-refractivity contribution in [2.45, 2.75) is 251 Å². The summed E-state index contributed by atoms with van der Waals surface area (Å²) in [5.74, 6) is -0.875. The Morgan fingerprint density at radius 3 is 0.865 bits per heavy atom. The van der Waals surface area contributed by atoms with E-state index in [1.807, 2.05) is 0 Å². The minimum absolute atomic E-state index is 0.0373. The van der Waals surface area contributed by atoms with Crippen LogP contribution in [0.4, 0.5) is 0 Å². The summed E-state index contributed by atoms with van der Waals surface area (Å²) in [5.41, 5.74) is 5.40. The van der Waals surface area contributed by atoms with Crippen molar-refractivity contribution in [3.63, 3.8) is 0 Å². The van der Waals surface area contributed by atoms with Crippen molar-refractivity contribution in [3.05, 3.63) is 207 Å². The van der Waals surface area contributed by atoms with Crippen molar-refractivity contribution < 1.29 is 37.6 Å². The van der Waals surface area contributed by atoms with Crippen molar-refractivity contribution in [2.24, 2.45) is 5.73 Å². The van der Waals surface area contributed by atoms with E-state index in [1.165, 1.54) is 44.9 Å². The molecular weight excluding hydrogens is 1120 g/mol. The minimum atomic E-state index is -4.42. The van der Waals surface area contributed by atoms with Crippen LogP contribution in [0.3, 0.4) is 0 Å². The average molecular weight is 1250 g/mol. The highest BCUT2D eigenvalue weighted by Crippen LogP contribution is 2.43. The first-order valence-electron chi connectivity index (χ1n) is 34.6. The maximum atomic E-state index is 12.8. The molecule has 3 N–H and O–H groups in total. The Kier molecular flexibility index (Phi) is 67.3. The molecule has 0 spiro atoms. The molecule has 0 radical (unpaired) electrons. The summed E-state index contributed by atoms with van der Waals surface area (Å²) in [4.78, 5) is 35.4. The highest BCUT2D eigenvalue weighted by molar-refractivity contribution is 7.47. The Balaban J connectivity index is 4.05. The second kappa shape index (κ2) is 71.7. The van der Waals surface area contributed by atoms with Gasteiger partial charge in [0.2, 0.25) is 0 Å². The van der Waals surface area contributed by atoms with E-state index in [0.29, 0.717) is 12.8 Å². The van der Waals surface area contributed by atoms with Crippen LogP contribution in [-0.4, -0.2) is 49.3 Å². The van der Waals surface area contributed by atoms with Gasteiger partial charge >= 0.3 is 19.8 Å². The van der Waals surface area contributed by atoms with E-state index in [9.17, 15) is 19.0 Å². The molecule has 0 heterocycles. The second-order valence-corrected chi connectivity index (χ2v) is 23.4. The molecule has 2 atom stereocenters. The van der Waals surface area contributed by atoms with E-state index in [2.05, 4.69) is 220 Å². The van der Waals surface area contributed by atoms with Gasteiger partial charge in [-0.15, -0.1) is 0 Å². The molecule has 89 heavy (non-hydrogen) atoms. The lowest BCUT2D eigenvalue weighted by molar-refractivity contribution is -0.161. The molecule has 0 aromatic heterocycles. The summed E-state index contributed by atoms with van der Waals surface area (Å²) < 4.78 is 33.1. The molecule has 0 aromatic carbocycles. The smallest absolute Gasteiger partial charge is 0.462 e. The number of rotatable bonds is 62. The van der Waals surface area contributed by atoms with Crippen LogP contribution in [0.5, 0.6) is 0 Å². The largest absolute Gasteiger partial charge is 0.472 e. The number of ether oxygens (including phenoxy) is 2. The molecule has 0 aliphatic heterocycles. The molecule has 0 aliphatic carbocycles. The van der Waals surface area contributed by atoms with Crippen LogP contribution in [0.2, 0.25) is 0 Å². The first-order valence-corrected chi connectivity index (χ1v) is 36.1. The van der Waals surface area contributed by atoms with Gasteiger partial charge in [0.05, 0.1) is 13.2 Å². The lowest BCUT2D eigenvalue weighted by atomic mass is 10.0. The Hall–Kier alpha value is -5.41. The van der Waals surface area contributed by atoms with Crippen LogP contribution in [0.1, 0.15) is 245 Å². The molecule has 0 aromatic rings. The zero-order valence-corrected chi connectivity index (χ0v) is 56.7. The van der Waals surface area contributed by atoms with Gasteiger partial charge in [0.1, 0.15) is 6.61 Å². The Bertz CT molecular complexity index is 2210. The predicted octanol–water partition coefficient (Wildman–Crippen LogP) is 23.1. The summed E-state index contributed by atoms with van der Waals surface area (Å²) in [6.45, 7) is 3.46. The van der Waals surface area contributed by atoms with Gasteiger partial charge in [-0.2, -0.15) is 0 Å². The third kappa shape index (κ3) is 71.5. The molecule has 0 saturated carbocycles. The molecule has 498 valence electrons. The molecule has 0 fully saturated rings. The predicted molar refractivity (Wildman–Crippen MR) is 385 cm³/mol. The molecular formula is C79H124NO8P. The van der Waals surface area contributed by atoms with Crippen LogP contribution in [0.25, 0.3) is 0 Å². The van der Waals surface area contributed by atoms with Crippen molar-refractivity contribution in [1.82, 2.24) is 0 Å². The molecule has 10 heteroatoms. The van der Waals surface area contributed by atoms with Crippen LogP contribution < -0.4 is 5.73 Å². The van der Waals surface area contributed by atoms with Gasteiger partial charge in [0.15, 0.2) is 6.10 Å². The normalized spacial score (nSPS) is 14.2. The summed E-state index contributed by atoms with van der Waals surface area (Å²) in [6, 6.07) is 0. The van der Waals surface area contributed by atoms with E-state index in [1.54, 1.807) is 0 Å². The fourth-order valence-electron chi connectivity index (χ4n) is 8.64. The van der Waals surface area contributed by atoms with Crippen molar-refractivity contribution in [1.29, 1.82) is 0 Å². The van der Waals surface area contributed by atoms with Crippen molar-refractivity contribution >= 4 is 19.8 Å². The van der Waals surface area contributed by atoms with E-state index >= 15 is 0 Å². The van der Waals surface area contributed by atoms with E-state index in [4.69, 9.17) is 24.3 Å². The summed E-state index contributed by atoms with van der Waals surface area (Å²) in [7, 11) is -4.42. The monoisotopic (exact) mass is 1250 g/mol. The van der Waals surface area contributed by atoms with Crippen LogP contribution in [0.15, 0.2) is 207 Å². The van der Waals surface area contributed by atoms with Gasteiger partial charge in [0.25, 0.3) is 0 Å². The number of phosphoric acid groups is 1. The third-order valence-electron chi connectivity index (χ3n) is 13.7. The van der Waals surface area contributed by atoms with Gasteiger partial charge in [-0.1, -0.05) is 291 Å². The number of phosphoric ester groups is 1. The minimum Gasteiger partial charge on any atom is -0.462 e. The second-order valence-electron chi connectivity index (χ2n) is 21.9. The molecule has 0 rings (SSSR count). The Morgan fingerprint density at radius 2 is 0.584 bits per heavy atom. The lowest BCUT2D eigenvalue weighted by Crippen LogP contribution is -2.29. The molecule has 9 nitrogen and oxygen atoms in total. The summed E-state index contributed by atoms with van der Waals surface area (Å²) in [5, 5.41) is 0. The van der Waals surface area contributed by atoms with E-state index < -0.39 is 32.5 Å². The van der Waals surface area contributed by atoms with Crippen molar-refractivity contribution in [3.8, 4) is 0 Å². The van der Waals surface area contributed by atoms with Crippen LogP contribution in [-0.2, 0) is 32.7 Å². The Labute approximate surface area is 544 Å². The number of carbonyl (C=O) groups excluding carboxylic acids is 2. The molecule has 2 unspecified atom stereocenters. The van der Waals surface area contributed by atoms with Crippen LogP contribution in [0, 0.1) is 0 Å². The Morgan fingerprint density at radius 1 is 0.337 bits per heavy atom. The standard InChI is InChI=1S/C79H124NO8P/c1-3-5-7-9-11-13-15-17-19-21-23-25-27-29-31-33-35-37-38-40-42-44-46-48-50-52-54-56-58-60-62-64-66-68-70-72-79(82)88-77(76-87-89(83,84)86-74-73-80)75-85-78(81)71-69-67-65-63-61-59-57-55-53-51-49-47-45-43-41-39-36-34-32-30-28-26-24-22-20-18-16-14-12-10-8-6-4-2/h5-8,11-14,17-20,23-26,29-32,35-37,39-40,42-43,45-46,48,52,54,58,60,77H,3-4,9-10,15-16,21-22,27-28,33-34,38,41,44,47,49-51,53,55-57,59,61-76,80H2,1-2H3,(H,83,84)/b7-5-,8-6-,13-11-,14-12-,19-17-,20-18-,25-23-,26-24-,31-29-,32-30-,37-35-,39-36-,42-40-,45-43-,48-46-,54-52-,60-58-. The van der Waals surface area contributed by atoms with Gasteiger partial charge in [-0.25, -0.2) is 4.57 Å². The highest BCUT2D eigenvalue weighted by atomic mass is 31.2. The number of nitrogens with two attached hydrogens (primary N) is 1. The van der Waals surface area contributed by atoms with E-state index in [-0.39, 0.29) is 32.6 Å². The fraction of sp³-hybridized carbons (Fsp3) is 0.544. The SMILES string of the molecule is CC/C=C\C/C=C\C/C=C\C/C=C\C/C=C\C/C=C\C/C=C\C/C=C\C/C=C\C/C=C\CCCCCCC(=O)OC(COC(=O)CCCCCCCCCCCCC/C=C\C/C=C\C/C=C\C/C=C\C/C=C\C/C=C\C/C=C\CC)COP(=O)(O)OCCN.